The van der Waals surface area contributed by atoms with Crippen molar-refractivity contribution in [2.45, 2.75) is 31.5 Å². The van der Waals surface area contributed by atoms with Crippen LogP contribution in [0.4, 0.5) is 10.1 Å². The van der Waals surface area contributed by atoms with Gasteiger partial charge in [-0.15, -0.1) is 0 Å². The fourth-order valence-corrected chi connectivity index (χ4v) is 5.69. The van der Waals surface area contributed by atoms with E-state index >= 15 is 0 Å². The van der Waals surface area contributed by atoms with E-state index in [2.05, 4.69) is 10.6 Å². The van der Waals surface area contributed by atoms with Crippen molar-refractivity contribution in [2.24, 2.45) is 17.6 Å². The number of imide groups is 1. The van der Waals surface area contributed by atoms with Gasteiger partial charge in [-0.1, -0.05) is 23.7 Å². The summed E-state index contributed by atoms with van der Waals surface area (Å²) in [5, 5.41) is 6.32. The Kier molecular flexibility index (Phi) is 4.80. The molecule has 3 heterocycles. The first-order chi connectivity index (χ1) is 15.6. The summed E-state index contributed by atoms with van der Waals surface area (Å²) in [7, 11) is 0. The molecule has 2 saturated heterocycles. The van der Waals surface area contributed by atoms with E-state index in [-0.39, 0.29) is 13.0 Å². The maximum absolute atomic E-state index is 13.6. The van der Waals surface area contributed by atoms with E-state index in [1.807, 2.05) is 0 Å². The Morgan fingerprint density at radius 3 is 2.55 bits per heavy atom. The number of aryl methyl sites for hydroxylation is 1. The molecular weight excluding hydrogens is 451 g/mol. The van der Waals surface area contributed by atoms with Gasteiger partial charge in [0.2, 0.25) is 23.6 Å². The smallest absolute Gasteiger partial charge is 0.250 e. The molecule has 170 valence electrons. The number of fused-ring (bicyclic) bond motifs is 4. The molecule has 0 aromatic heterocycles. The normalized spacial score (nSPS) is 27.8. The van der Waals surface area contributed by atoms with Crippen molar-refractivity contribution in [1.82, 2.24) is 10.2 Å². The summed E-state index contributed by atoms with van der Waals surface area (Å²) < 4.78 is 13.3. The molecule has 4 amide bonds. The Bertz CT molecular complexity index is 1230. The summed E-state index contributed by atoms with van der Waals surface area (Å²) in [6, 6.07) is 7.92. The Balaban J connectivity index is 1.62. The summed E-state index contributed by atoms with van der Waals surface area (Å²) in [6.45, 7) is 1.70. The van der Waals surface area contributed by atoms with Gasteiger partial charge in [0, 0.05) is 28.7 Å². The van der Waals surface area contributed by atoms with Gasteiger partial charge in [0.15, 0.2) is 0 Å². The fraction of sp³-hybridized carbons (Fsp3) is 0.304. The zero-order chi connectivity index (χ0) is 23.7. The third-order valence-electron chi connectivity index (χ3n) is 6.75. The van der Waals surface area contributed by atoms with Gasteiger partial charge in [0.25, 0.3) is 0 Å². The van der Waals surface area contributed by atoms with Crippen LogP contribution in [0.25, 0.3) is 0 Å². The molecule has 0 aliphatic carbocycles. The Hall–Kier alpha value is -3.30. The minimum atomic E-state index is -1.57. The van der Waals surface area contributed by atoms with Crippen LogP contribution in [0.2, 0.25) is 5.02 Å². The van der Waals surface area contributed by atoms with E-state index in [0.29, 0.717) is 27.4 Å². The van der Waals surface area contributed by atoms with Gasteiger partial charge in [0.1, 0.15) is 11.4 Å². The number of likely N-dealkylation sites (tertiary alicyclic amines) is 1. The van der Waals surface area contributed by atoms with Crippen LogP contribution >= 0.6 is 11.6 Å². The predicted molar refractivity (Wildman–Crippen MR) is 116 cm³/mol. The predicted octanol–water partition coefficient (Wildman–Crippen LogP) is 1.58. The van der Waals surface area contributed by atoms with Crippen LogP contribution in [0.3, 0.4) is 0 Å². The van der Waals surface area contributed by atoms with Gasteiger partial charge in [-0.3, -0.25) is 29.4 Å². The highest BCUT2D eigenvalue weighted by atomic mass is 35.5. The first-order valence-electron chi connectivity index (χ1n) is 10.4. The molecule has 4 N–H and O–H groups in total. The third-order valence-corrected chi connectivity index (χ3v) is 6.97. The monoisotopic (exact) mass is 470 g/mol. The molecule has 3 aliphatic rings. The molecule has 0 radical (unpaired) electrons. The highest BCUT2D eigenvalue weighted by molar-refractivity contribution is 6.31. The van der Waals surface area contributed by atoms with E-state index in [9.17, 15) is 23.6 Å². The molecule has 8 nitrogen and oxygen atoms in total. The maximum Gasteiger partial charge on any atom is 0.250 e. The van der Waals surface area contributed by atoms with Crippen LogP contribution in [0.5, 0.6) is 0 Å². The van der Waals surface area contributed by atoms with Crippen molar-refractivity contribution < 1.29 is 23.6 Å². The first kappa shape index (κ1) is 21.5. The first-order valence-corrected chi connectivity index (χ1v) is 10.8. The second-order valence-electron chi connectivity index (χ2n) is 8.72. The van der Waals surface area contributed by atoms with Crippen LogP contribution < -0.4 is 16.4 Å². The minimum absolute atomic E-state index is 0.0760. The largest absolute Gasteiger partial charge is 0.370 e. The lowest BCUT2D eigenvalue weighted by atomic mass is 9.76. The fourth-order valence-electron chi connectivity index (χ4n) is 5.41. The number of nitrogens with one attached hydrogen (secondary N) is 2. The van der Waals surface area contributed by atoms with Crippen molar-refractivity contribution in [3.8, 4) is 0 Å². The van der Waals surface area contributed by atoms with Crippen LogP contribution in [0.15, 0.2) is 36.4 Å². The molecule has 10 heteroatoms. The summed E-state index contributed by atoms with van der Waals surface area (Å²) in [4.78, 5) is 53.3. The average Bonchev–Trinajstić information content (AvgIpc) is 3.31. The number of carbonyl (C=O) groups is 4. The van der Waals surface area contributed by atoms with E-state index in [0.717, 1.165) is 4.90 Å². The van der Waals surface area contributed by atoms with E-state index in [1.165, 1.54) is 24.3 Å². The summed E-state index contributed by atoms with van der Waals surface area (Å²) in [6.07, 6.45) is -0.228. The zero-order valence-corrected chi connectivity index (χ0v) is 18.3. The summed E-state index contributed by atoms with van der Waals surface area (Å²) in [5.74, 6) is -4.71. The number of hydrogen-bond donors (Lipinski definition) is 3. The van der Waals surface area contributed by atoms with Gasteiger partial charge in [0.05, 0.1) is 18.4 Å². The Morgan fingerprint density at radius 1 is 1.18 bits per heavy atom. The molecule has 0 bridgehead atoms. The van der Waals surface area contributed by atoms with Crippen molar-refractivity contribution in [3.05, 3.63) is 63.9 Å². The van der Waals surface area contributed by atoms with Gasteiger partial charge in [-0.05, 0) is 42.3 Å². The molecule has 0 unspecified atom stereocenters. The lowest BCUT2D eigenvalue weighted by Gasteiger charge is -2.29. The molecule has 4 atom stereocenters. The van der Waals surface area contributed by atoms with Crippen LogP contribution in [0, 0.1) is 24.6 Å². The van der Waals surface area contributed by atoms with Gasteiger partial charge < -0.3 is 11.1 Å². The minimum Gasteiger partial charge on any atom is -0.370 e. The van der Waals surface area contributed by atoms with Crippen molar-refractivity contribution in [1.29, 1.82) is 0 Å². The number of nitrogens with two attached hydrogens (primary N) is 1. The molecule has 0 saturated carbocycles. The molecule has 2 aromatic carbocycles. The zero-order valence-electron chi connectivity index (χ0n) is 17.5. The number of anilines is 1. The van der Waals surface area contributed by atoms with Crippen molar-refractivity contribution in [2.75, 3.05) is 5.32 Å². The lowest BCUT2D eigenvalue weighted by Crippen LogP contribution is -2.53. The number of halogens is 2. The quantitative estimate of drug-likeness (QED) is 0.586. The van der Waals surface area contributed by atoms with Crippen molar-refractivity contribution >= 4 is 40.9 Å². The van der Waals surface area contributed by atoms with E-state index < -0.39 is 52.9 Å². The molecule has 1 spiro atoms. The second kappa shape index (κ2) is 7.36. The number of primary amides is 1. The number of nitrogens with zero attached hydrogens (tertiary/aromatic N) is 1. The van der Waals surface area contributed by atoms with Gasteiger partial charge in [-0.25, -0.2) is 4.39 Å². The summed E-state index contributed by atoms with van der Waals surface area (Å²) >= 11 is 6.28. The van der Waals surface area contributed by atoms with Crippen LogP contribution in [0.1, 0.15) is 23.1 Å². The van der Waals surface area contributed by atoms with Crippen LogP contribution in [-0.2, 0) is 31.3 Å². The van der Waals surface area contributed by atoms with Crippen molar-refractivity contribution in [3.63, 3.8) is 0 Å². The number of rotatable bonds is 4. The SMILES string of the molecule is Cc1cc(Cl)cc2c1NC(=O)[C@@]21N[C@H](CC(N)=O)[C@H]2C(=O)N(Cc3ccc(F)cc3)C(=O)[C@H]21. The maximum atomic E-state index is 13.6. The summed E-state index contributed by atoms with van der Waals surface area (Å²) in [5.41, 5.74) is 6.10. The standard InChI is InChI=1S/C23H20ClFN4O4/c1-10-6-12(24)7-14-19(10)27-22(33)23(14)18-17(15(28-23)8-16(26)30)20(31)29(21(18)32)9-11-2-4-13(25)5-3-11/h2-7,15,17-18,28H,8-9H2,1H3,(H2,26,30)(H,27,33)/t15-,17-,18+,23-/m1/s1. The second-order valence-corrected chi connectivity index (χ2v) is 9.16. The van der Waals surface area contributed by atoms with Crippen LogP contribution in [-0.4, -0.2) is 34.6 Å². The molecule has 2 aromatic rings. The van der Waals surface area contributed by atoms with E-state index in [4.69, 9.17) is 17.3 Å². The Labute approximate surface area is 193 Å². The van der Waals surface area contributed by atoms with Gasteiger partial charge in [-0.2, -0.15) is 0 Å². The molecular formula is C23H20ClFN4O4. The molecule has 3 aliphatic heterocycles. The number of carbonyl (C=O) groups excluding carboxylic acids is 4. The highest BCUT2D eigenvalue weighted by Crippen LogP contribution is 2.54. The average molecular weight is 471 g/mol. The molecule has 2 fully saturated rings. The topological polar surface area (TPSA) is 122 Å². The lowest BCUT2D eigenvalue weighted by molar-refractivity contribution is -0.143. The molecule has 33 heavy (non-hydrogen) atoms. The third kappa shape index (κ3) is 3.07. The van der Waals surface area contributed by atoms with Gasteiger partial charge >= 0.3 is 0 Å². The highest BCUT2D eigenvalue weighted by Gasteiger charge is 2.70. The number of benzene rings is 2. The molecule has 5 rings (SSSR count). The number of amides is 4. The Morgan fingerprint density at radius 2 is 1.88 bits per heavy atom. The van der Waals surface area contributed by atoms with E-state index in [1.54, 1.807) is 19.1 Å². The number of hydrogen-bond acceptors (Lipinski definition) is 5.